The van der Waals surface area contributed by atoms with Crippen molar-refractivity contribution < 1.29 is 4.42 Å². The third-order valence-corrected chi connectivity index (χ3v) is 12.4. The van der Waals surface area contributed by atoms with Gasteiger partial charge in [0, 0.05) is 27.7 Å². The summed E-state index contributed by atoms with van der Waals surface area (Å²) in [5, 5.41) is 9.54. The van der Waals surface area contributed by atoms with Crippen LogP contribution in [0.4, 0.5) is 17.1 Å². The summed E-state index contributed by atoms with van der Waals surface area (Å²) in [5.74, 6) is 0. The highest BCUT2D eigenvalue weighted by molar-refractivity contribution is 6.24. The number of fused-ring (bicyclic) bond motifs is 7. The van der Waals surface area contributed by atoms with Crippen molar-refractivity contribution in [2.75, 3.05) is 4.90 Å². The Morgan fingerprint density at radius 2 is 0.742 bits per heavy atom. The van der Waals surface area contributed by atoms with Crippen molar-refractivity contribution in [1.29, 1.82) is 0 Å². The van der Waals surface area contributed by atoms with Gasteiger partial charge in [-0.3, -0.25) is 0 Å². The predicted molar refractivity (Wildman–Crippen MR) is 263 cm³/mol. The molecular weight excluding hydrogens is 751 g/mol. The van der Waals surface area contributed by atoms with E-state index >= 15 is 0 Å². The molecule has 12 aromatic rings. The Morgan fingerprint density at radius 3 is 1.40 bits per heavy atom. The van der Waals surface area contributed by atoms with Crippen molar-refractivity contribution in [2.45, 2.75) is 0 Å². The summed E-state index contributed by atoms with van der Waals surface area (Å²) >= 11 is 0. The molecule has 0 saturated heterocycles. The van der Waals surface area contributed by atoms with Gasteiger partial charge in [0.2, 0.25) is 0 Å². The number of hydrogen-bond acceptors (Lipinski definition) is 2. The van der Waals surface area contributed by atoms with Crippen LogP contribution < -0.4 is 4.90 Å². The van der Waals surface area contributed by atoms with E-state index in [-0.39, 0.29) is 0 Å². The van der Waals surface area contributed by atoms with Gasteiger partial charge in [-0.25, -0.2) is 0 Å². The molecule has 0 atom stereocenters. The van der Waals surface area contributed by atoms with E-state index in [1.54, 1.807) is 0 Å². The predicted octanol–water partition coefficient (Wildman–Crippen LogP) is 17.2. The lowest BCUT2D eigenvalue weighted by atomic mass is 9.96. The SMILES string of the molecule is c1ccc(-c2ccc(N(c3ccc(-c4ccc5ccc(-c6ccc7ccccc7c6)cc5c4)cc3)c3cccc4c3oc3c(-c5ccccc5)cc5ccccc5c34)cc2)cc1. The molecule has 0 saturated carbocycles. The average Bonchev–Trinajstić information content (AvgIpc) is 3.75. The molecule has 0 amide bonds. The number of benzene rings is 11. The van der Waals surface area contributed by atoms with Crippen molar-refractivity contribution in [3.63, 3.8) is 0 Å². The molecular formula is C60H39NO. The smallest absolute Gasteiger partial charge is 0.159 e. The van der Waals surface area contributed by atoms with Crippen LogP contribution in [0.2, 0.25) is 0 Å². The number of anilines is 3. The van der Waals surface area contributed by atoms with Gasteiger partial charge < -0.3 is 9.32 Å². The van der Waals surface area contributed by atoms with Gasteiger partial charge in [-0.15, -0.1) is 0 Å². The van der Waals surface area contributed by atoms with Gasteiger partial charge in [-0.2, -0.15) is 0 Å². The molecule has 0 fully saturated rings. The quantitative estimate of drug-likeness (QED) is 0.160. The number of para-hydroxylation sites is 1. The summed E-state index contributed by atoms with van der Waals surface area (Å²) in [6.45, 7) is 0. The molecule has 62 heavy (non-hydrogen) atoms. The Balaban J connectivity index is 0.988. The third kappa shape index (κ3) is 6.20. The highest BCUT2D eigenvalue weighted by Crippen LogP contribution is 2.47. The van der Waals surface area contributed by atoms with Crippen LogP contribution in [0, 0.1) is 0 Å². The standard InChI is InChI=1S/C60H39NO/c1-3-12-40(13-4-1)42-28-32-52(33-29-42)61(57-21-11-20-55-58-54-19-10-9-18-50(54)39-56(60(58)62-59(55)57)45-15-5-2-6-16-45)53-34-30-43(31-35-53)47-25-23-44-24-27-49(38-51(44)37-47)48-26-22-41-14-7-8-17-46(41)36-48/h1-39H. The summed E-state index contributed by atoms with van der Waals surface area (Å²) in [6.07, 6.45) is 0. The lowest BCUT2D eigenvalue weighted by molar-refractivity contribution is 0.670. The fourth-order valence-corrected chi connectivity index (χ4v) is 9.28. The van der Waals surface area contributed by atoms with E-state index in [0.717, 1.165) is 55.7 Å². The first-order valence-corrected chi connectivity index (χ1v) is 21.2. The monoisotopic (exact) mass is 789 g/mol. The fraction of sp³-hybridized carbons (Fsp3) is 0. The molecule has 2 nitrogen and oxygen atoms in total. The minimum atomic E-state index is 0.851. The Morgan fingerprint density at radius 1 is 0.274 bits per heavy atom. The second-order valence-corrected chi connectivity index (χ2v) is 16.1. The second-order valence-electron chi connectivity index (χ2n) is 16.1. The zero-order valence-corrected chi connectivity index (χ0v) is 33.9. The molecule has 0 N–H and O–H groups in total. The maximum atomic E-state index is 7.15. The van der Waals surface area contributed by atoms with Crippen molar-refractivity contribution in [3.8, 4) is 44.5 Å². The normalized spacial score (nSPS) is 11.5. The maximum Gasteiger partial charge on any atom is 0.159 e. The average molecular weight is 790 g/mol. The molecule has 0 spiro atoms. The minimum absolute atomic E-state index is 0.851. The van der Waals surface area contributed by atoms with Gasteiger partial charge in [0.25, 0.3) is 0 Å². The Bertz CT molecular complexity index is 3610. The second kappa shape index (κ2) is 14.8. The van der Waals surface area contributed by atoms with E-state index in [9.17, 15) is 0 Å². The van der Waals surface area contributed by atoms with Crippen LogP contribution in [0.15, 0.2) is 241 Å². The van der Waals surface area contributed by atoms with Crippen LogP contribution in [0.3, 0.4) is 0 Å². The highest BCUT2D eigenvalue weighted by Gasteiger charge is 2.22. The van der Waals surface area contributed by atoms with Gasteiger partial charge in [0.1, 0.15) is 5.58 Å². The molecule has 0 radical (unpaired) electrons. The molecule has 0 aliphatic heterocycles. The van der Waals surface area contributed by atoms with Crippen LogP contribution in [0.5, 0.6) is 0 Å². The fourth-order valence-electron chi connectivity index (χ4n) is 9.28. The van der Waals surface area contributed by atoms with Crippen molar-refractivity contribution in [2.24, 2.45) is 0 Å². The van der Waals surface area contributed by atoms with E-state index in [4.69, 9.17) is 4.42 Å². The van der Waals surface area contributed by atoms with Gasteiger partial charge >= 0.3 is 0 Å². The molecule has 0 unspecified atom stereocenters. The molecule has 290 valence electrons. The van der Waals surface area contributed by atoms with Crippen LogP contribution in [-0.2, 0) is 0 Å². The first kappa shape index (κ1) is 35.7. The number of hydrogen-bond donors (Lipinski definition) is 0. The third-order valence-electron chi connectivity index (χ3n) is 12.4. The molecule has 2 heteroatoms. The Hall–Kier alpha value is -8.20. The van der Waals surface area contributed by atoms with E-state index in [2.05, 4.69) is 241 Å². The Kier molecular flexibility index (Phi) is 8.53. The van der Waals surface area contributed by atoms with E-state index in [1.165, 1.54) is 60.1 Å². The topological polar surface area (TPSA) is 16.4 Å². The molecule has 12 rings (SSSR count). The summed E-state index contributed by atoms with van der Waals surface area (Å²) in [5.41, 5.74) is 14.2. The molecule has 1 heterocycles. The van der Waals surface area contributed by atoms with Gasteiger partial charge in [-0.05, 0) is 126 Å². The zero-order chi connectivity index (χ0) is 41.0. The van der Waals surface area contributed by atoms with Crippen LogP contribution in [0.25, 0.3) is 98.8 Å². The largest absolute Gasteiger partial charge is 0.453 e. The van der Waals surface area contributed by atoms with Crippen LogP contribution in [-0.4, -0.2) is 0 Å². The van der Waals surface area contributed by atoms with E-state index < -0.39 is 0 Å². The number of furan rings is 1. The maximum absolute atomic E-state index is 7.15. The summed E-state index contributed by atoms with van der Waals surface area (Å²) in [4.78, 5) is 2.34. The van der Waals surface area contributed by atoms with E-state index in [0.29, 0.717) is 0 Å². The molecule has 0 bridgehead atoms. The lowest BCUT2D eigenvalue weighted by Gasteiger charge is -2.26. The van der Waals surface area contributed by atoms with Crippen LogP contribution in [0.1, 0.15) is 0 Å². The van der Waals surface area contributed by atoms with Crippen LogP contribution >= 0.6 is 0 Å². The molecule has 0 aliphatic carbocycles. The summed E-state index contributed by atoms with van der Waals surface area (Å²) in [6, 6.07) is 85.3. The molecule has 0 aliphatic rings. The van der Waals surface area contributed by atoms with Gasteiger partial charge in [0.15, 0.2) is 5.58 Å². The lowest BCUT2D eigenvalue weighted by Crippen LogP contribution is -2.10. The first-order chi connectivity index (χ1) is 30.7. The zero-order valence-electron chi connectivity index (χ0n) is 33.9. The minimum Gasteiger partial charge on any atom is -0.453 e. The number of nitrogens with zero attached hydrogens (tertiary/aromatic N) is 1. The number of rotatable bonds is 7. The summed E-state index contributed by atoms with van der Waals surface area (Å²) in [7, 11) is 0. The Labute approximate surface area is 360 Å². The highest BCUT2D eigenvalue weighted by atomic mass is 16.3. The van der Waals surface area contributed by atoms with Gasteiger partial charge in [-0.1, -0.05) is 182 Å². The van der Waals surface area contributed by atoms with E-state index in [1.807, 2.05) is 0 Å². The van der Waals surface area contributed by atoms with Gasteiger partial charge in [0.05, 0.1) is 5.69 Å². The molecule has 1 aromatic heterocycles. The van der Waals surface area contributed by atoms with Crippen molar-refractivity contribution >= 4 is 71.3 Å². The van der Waals surface area contributed by atoms with Crippen molar-refractivity contribution in [1.82, 2.24) is 0 Å². The molecule has 11 aromatic carbocycles. The first-order valence-electron chi connectivity index (χ1n) is 21.2. The van der Waals surface area contributed by atoms with Crippen molar-refractivity contribution in [3.05, 3.63) is 237 Å². The summed E-state index contributed by atoms with van der Waals surface area (Å²) < 4.78 is 7.15.